The Morgan fingerprint density at radius 2 is 2.19 bits per heavy atom. The third-order valence-electron chi connectivity index (χ3n) is 2.26. The molecule has 0 bridgehead atoms. The van der Waals surface area contributed by atoms with Gasteiger partial charge in [0.2, 0.25) is 0 Å². The van der Waals surface area contributed by atoms with Gasteiger partial charge < -0.3 is 10.3 Å². The highest BCUT2D eigenvalue weighted by Crippen LogP contribution is 2.29. The number of pyridine rings is 1. The second-order valence-electron chi connectivity index (χ2n) is 3.61. The minimum Gasteiger partial charge on any atom is -0.329 e. The Balaban J connectivity index is 2.31. The highest BCUT2D eigenvalue weighted by molar-refractivity contribution is 7.99. The van der Waals surface area contributed by atoms with Crippen molar-refractivity contribution in [2.45, 2.75) is 23.1 Å². The van der Waals surface area contributed by atoms with Crippen molar-refractivity contribution in [1.29, 1.82) is 0 Å². The van der Waals surface area contributed by atoms with Gasteiger partial charge in [-0.1, -0.05) is 6.07 Å². The van der Waals surface area contributed by atoms with E-state index in [9.17, 15) is 0 Å². The van der Waals surface area contributed by atoms with Crippen LogP contribution < -0.4 is 5.73 Å². The van der Waals surface area contributed by atoms with E-state index in [1.807, 2.05) is 36.9 Å². The van der Waals surface area contributed by atoms with Gasteiger partial charge in [0.1, 0.15) is 5.03 Å². The van der Waals surface area contributed by atoms with Crippen LogP contribution in [0.5, 0.6) is 0 Å². The monoisotopic (exact) mass is 234 g/mol. The molecule has 2 rings (SSSR count). The molecule has 0 aromatic carbocycles. The van der Waals surface area contributed by atoms with Crippen molar-refractivity contribution in [3.05, 3.63) is 36.3 Å². The zero-order chi connectivity index (χ0) is 11.5. The number of rotatable bonds is 3. The van der Waals surface area contributed by atoms with E-state index in [-0.39, 0.29) is 6.04 Å². The van der Waals surface area contributed by atoms with Crippen LogP contribution >= 0.6 is 11.8 Å². The van der Waals surface area contributed by atoms with Crippen LogP contribution in [-0.2, 0) is 7.05 Å². The molecule has 0 aliphatic carbocycles. The maximum atomic E-state index is 5.90. The molecule has 16 heavy (non-hydrogen) atoms. The molecule has 2 N–H and O–H groups in total. The minimum absolute atomic E-state index is 0.0172. The quantitative estimate of drug-likeness (QED) is 0.882. The van der Waals surface area contributed by atoms with Gasteiger partial charge in [0.25, 0.3) is 0 Å². The van der Waals surface area contributed by atoms with Crippen LogP contribution in [0.4, 0.5) is 0 Å². The van der Waals surface area contributed by atoms with Crippen LogP contribution in [0.1, 0.15) is 18.5 Å². The molecule has 0 unspecified atom stereocenters. The lowest BCUT2D eigenvalue weighted by molar-refractivity contribution is 0.767. The molecule has 5 heteroatoms. The Bertz CT molecular complexity index is 478. The van der Waals surface area contributed by atoms with Crippen LogP contribution in [0, 0.1) is 0 Å². The lowest BCUT2D eigenvalue weighted by Gasteiger charge is -2.10. The summed E-state index contributed by atoms with van der Waals surface area (Å²) in [5.74, 6) is 0. The van der Waals surface area contributed by atoms with Gasteiger partial charge in [0.15, 0.2) is 5.16 Å². The smallest absolute Gasteiger partial charge is 0.174 e. The first-order valence-electron chi connectivity index (χ1n) is 5.04. The Kier molecular flexibility index (Phi) is 3.26. The Hall–Kier alpha value is -1.33. The van der Waals surface area contributed by atoms with Crippen LogP contribution in [0.25, 0.3) is 0 Å². The van der Waals surface area contributed by atoms with Gasteiger partial charge in [-0.2, -0.15) is 0 Å². The molecule has 0 saturated carbocycles. The van der Waals surface area contributed by atoms with Gasteiger partial charge in [0, 0.05) is 37.2 Å². The molecule has 4 nitrogen and oxygen atoms in total. The number of hydrogen-bond acceptors (Lipinski definition) is 4. The molecule has 0 fully saturated rings. The second-order valence-corrected chi connectivity index (χ2v) is 4.57. The van der Waals surface area contributed by atoms with Crippen LogP contribution in [-0.4, -0.2) is 14.5 Å². The molecule has 0 aliphatic heterocycles. The second kappa shape index (κ2) is 4.67. The summed E-state index contributed by atoms with van der Waals surface area (Å²) in [5, 5.41) is 1.84. The van der Waals surface area contributed by atoms with Gasteiger partial charge in [-0.3, -0.25) is 0 Å². The normalized spacial score (nSPS) is 12.7. The molecule has 0 aliphatic rings. The molecular formula is C11H14N4S. The summed E-state index contributed by atoms with van der Waals surface area (Å²) in [6, 6.07) is 3.89. The predicted molar refractivity (Wildman–Crippen MR) is 64.2 cm³/mol. The SMILES string of the molecule is C[C@H](N)c1cccnc1Sc1nccn1C. The fourth-order valence-electron chi connectivity index (χ4n) is 1.37. The topological polar surface area (TPSA) is 56.7 Å². The third kappa shape index (κ3) is 2.25. The van der Waals surface area contributed by atoms with Crippen LogP contribution in [0.15, 0.2) is 40.9 Å². The summed E-state index contributed by atoms with van der Waals surface area (Å²) in [4.78, 5) is 8.60. The third-order valence-corrected chi connectivity index (χ3v) is 3.37. The van der Waals surface area contributed by atoms with E-state index < -0.39 is 0 Å². The predicted octanol–water partition coefficient (Wildman–Crippen LogP) is 1.99. The van der Waals surface area contributed by atoms with Gasteiger partial charge in [-0.05, 0) is 24.8 Å². The van der Waals surface area contributed by atoms with E-state index in [0.29, 0.717) is 0 Å². The van der Waals surface area contributed by atoms with Crippen molar-refractivity contribution >= 4 is 11.8 Å². The summed E-state index contributed by atoms with van der Waals surface area (Å²) >= 11 is 1.54. The summed E-state index contributed by atoms with van der Waals surface area (Å²) in [5.41, 5.74) is 6.95. The Morgan fingerprint density at radius 1 is 1.38 bits per heavy atom. The fraction of sp³-hybridized carbons (Fsp3) is 0.273. The summed E-state index contributed by atoms with van der Waals surface area (Å²) in [7, 11) is 1.96. The lowest BCUT2D eigenvalue weighted by atomic mass is 10.2. The summed E-state index contributed by atoms with van der Waals surface area (Å²) in [6.07, 6.45) is 5.46. The first kappa shape index (κ1) is 11.2. The lowest BCUT2D eigenvalue weighted by Crippen LogP contribution is -2.07. The van der Waals surface area contributed by atoms with E-state index in [2.05, 4.69) is 9.97 Å². The molecule has 1 atom stereocenters. The molecule has 0 saturated heterocycles. The van der Waals surface area contributed by atoms with Crippen molar-refractivity contribution in [3.63, 3.8) is 0 Å². The molecular weight excluding hydrogens is 220 g/mol. The number of aryl methyl sites for hydroxylation is 1. The van der Waals surface area contributed by atoms with Crippen LogP contribution in [0.2, 0.25) is 0 Å². The number of hydrogen-bond donors (Lipinski definition) is 1. The van der Waals surface area contributed by atoms with Crippen molar-refractivity contribution in [3.8, 4) is 0 Å². The highest BCUT2D eigenvalue weighted by atomic mass is 32.2. The summed E-state index contributed by atoms with van der Waals surface area (Å²) in [6.45, 7) is 1.96. The van der Waals surface area contributed by atoms with Crippen molar-refractivity contribution in [1.82, 2.24) is 14.5 Å². The zero-order valence-electron chi connectivity index (χ0n) is 9.29. The average molecular weight is 234 g/mol. The molecule has 0 spiro atoms. The summed E-state index contributed by atoms with van der Waals surface area (Å²) < 4.78 is 1.96. The Morgan fingerprint density at radius 3 is 2.81 bits per heavy atom. The number of imidazole rings is 1. The number of nitrogens with zero attached hydrogens (tertiary/aromatic N) is 3. The van der Waals surface area contributed by atoms with E-state index in [1.165, 1.54) is 11.8 Å². The Labute approximate surface area is 98.9 Å². The molecule has 0 radical (unpaired) electrons. The first-order valence-corrected chi connectivity index (χ1v) is 5.86. The number of aromatic nitrogens is 3. The molecule has 2 heterocycles. The fourth-order valence-corrected chi connectivity index (χ4v) is 2.35. The highest BCUT2D eigenvalue weighted by Gasteiger charge is 2.11. The van der Waals surface area contributed by atoms with Crippen molar-refractivity contribution in [2.24, 2.45) is 12.8 Å². The van der Waals surface area contributed by atoms with Gasteiger partial charge in [0.05, 0.1) is 0 Å². The molecule has 84 valence electrons. The van der Waals surface area contributed by atoms with E-state index >= 15 is 0 Å². The van der Waals surface area contributed by atoms with Gasteiger partial charge >= 0.3 is 0 Å². The zero-order valence-corrected chi connectivity index (χ0v) is 10.1. The van der Waals surface area contributed by atoms with Gasteiger partial charge in [-0.25, -0.2) is 9.97 Å². The average Bonchev–Trinajstić information content (AvgIpc) is 2.65. The van der Waals surface area contributed by atoms with Crippen molar-refractivity contribution < 1.29 is 0 Å². The standard InChI is InChI=1S/C11H14N4S/c1-8(12)9-4-3-5-13-10(9)16-11-14-6-7-15(11)2/h3-8H,12H2,1-2H3/t8-/m0/s1. The molecule has 0 amide bonds. The molecule has 2 aromatic heterocycles. The maximum absolute atomic E-state index is 5.90. The van der Waals surface area contributed by atoms with Gasteiger partial charge in [-0.15, -0.1) is 0 Å². The van der Waals surface area contributed by atoms with E-state index in [0.717, 1.165) is 15.7 Å². The van der Waals surface area contributed by atoms with E-state index in [4.69, 9.17) is 5.73 Å². The minimum atomic E-state index is -0.0172. The first-order chi connectivity index (χ1) is 7.68. The van der Waals surface area contributed by atoms with E-state index in [1.54, 1.807) is 12.4 Å². The van der Waals surface area contributed by atoms with Crippen molar-refractivity contribution in [2.75, 3.05) is 0 Å². The largest absolute Gasteiger partial charge is 0.329 e. The number of nitrogens with two attached hydrogens (primary N) is 1. The molecule has 2 aromatic rings. The maximum Gasteiger partial charge on any atom is 0.174 e. The van der Waals surface area contributed by atoms with Crippen LogP contribution in [0.3, 0.4) is 0 Å².